The second kappa shape index (κ2) is 33.4. The number of benzene rings is 1. The Bertz CT molecular complexity index is 1210. The highest BCUT2D eigenvalue weighted by molar-refractivity contribution is 5.91. The summed E-state index contributed by atoms with van der Waals surface area (Å²) in [6.45, 7) is 7.19. The van der Waals surface area contributed by atoms with E-state index in [2.05, 4.69) is 13.8 Å². The molecule has 0 saturated heterocycles. The lowest BCUT2D eigenvalue weighted by molar-refractivity contribution is -0.144. The van der Waals surface area contributed by atoms with Gasteiger partial charge in [-0.2, -0.15) is 0 Å². The zero-order chi connectivity index (χ0) is 43.0. The molecule has 0 aromatic heterocycles. The van der Waals surface area contributed by atoms with Crippen LogP contribution in [0.5, 0.6) is 17.2 Å². The molecule has 0 bridgehead atoms. The Morgan fingerprint density at radius 2 is 1.07 bits per heavy atom. The number of ether oxygens (including phenoxy) is 6. The van der Waals surface area contributed by atoms with E-state index in [4.69, 9.17) is 28.4 Å². The van der Waals surface area contributed by atoms with Gasteiger partial charge in [0.1, 0.15) is 0 Å². The van der Waals surface area contributed by atoms with Crippen LogP contribution in [0.2, 0.25) is 0 Å². The predicted molar refractivity (Wildman–Crippen MR) is 223 cm³/mol. The molecule has 0 amide bonds. The van der Waals surface area contributed by atoms with E-state index in [1.807, 2.05) is 23.9 Å². The number of nitrogens with zero attached hydrogens (tertiary/aromatic N) is 2. The molecule has 0 radical (unpaired) electrons. The SMILES string of the molecule is CCCCCOC(=O)CCCCCC(O)CN(CCCC(=O)Oc1c(OC)cc(C(=O)OCCCN(C)C)cc1OC)CC(O)CCCCCC(=O)OCCCCC. The van der Waals surface area contributed by atoms with Crippen molar-refractivity contribution in [3.8, 4) is 17.2 Å². The number of esters is 4. The molecule has 0 aliphatic heterocycles. The first-order chi connectivity index (χ1) is 27.9. The molecular formula is C44H76N2O12. The minimum absolute atomic E-state index is 0.0355. The van der Waals surface area contributed by atoms with Crippen molar-refractivity contribution in [3.05, 3.63) is 17.7 Å². The summed E-state index contributed by atoms with van der Waals surface area (Å²) in [5, 5.41) is 21.9. The third-order valence-corrected chi connectivity index (χ3v) is 9.55. The molecule has 1 rings (SSSR count). The molecule has 0 heterocycles. The second-order valence-electron chi connectivity index (χ2n) is 15.2. The Hall–Kier alpha value is -3.46. The van der Waals surface area contributed by atoms with E-state index in [9.17, 15) is 29.4 Å². The summed E-state index contributed by atoms with van der Waals surface area (Å²) in [6.07, 6.45) is 12.0. The van der Waals surface area contributed by atoms with Crippen LogP contribution < -0.4 is 14.2 Å². The lowest BCUT2D eigenvalue weighted by atomic mass is 10.1. The van der Waals surface area contributed by atoms with Crippen LogP contribution in [0.15, 0.2) is 12.1 Å². The van der Waals surface area contributed by atoms with Crippen molar-refractivity contribution in [2.24, 2.45) is 0 Å². The van der Waals surface area contributed by atoms with Crippen molar-refractivity contribution in [1.29, 1.82) is 0 Å². The minimum atomic E-state index is -0.657. The maximum Gasteiger partial charge on any atom is 0.338 e. The normalized spacial score (nSPS) is 12.3. The molecule has 14 nitrogen and oxygen atoms in total. The van der Waals surface area contributed by atoms with Gasteiger partial charge < -0.3 is 43.5 Å². The standard InChI is InChI=1S/C44H76N2O12/c1-7-9-17-28-55-40(49)23-15-11-13-21-36(47)33-46(34-37(48)22-14-12-16-24-41(50)56-29-18-10-8-2)27-19-25-42(51)58-43-38(53-5)31-35(32-39(43)54-6)44(52)57-30-20-26-45(3)4/h31-32,36-37,47-48H,7-30,33-34H2,1-6H3. The highest BCUT2D eigenvalue weighted by Gasteiger charge is 2.22. The number of methoxy groups -OCH3 is 2. The Labute approximate surface area is 348 Å². The molecule has 2 atom stereocenters. The Kier molecular flexibility index (Phi) is 30.2. The topological polar surface area (TPSA) is 171 Å². The summed E-state index contributed by atoms with van der Waals surface area (Å²) in [4.78, 5) is 53.7. The molecule has 2 N–H and O–H groups in total. The Balaban J connectivity index is 2.75. The van der Waals surface area contributed by atoms with Gasteiger partial charge >= 0.3 is 23.9 Å². The average molecular weight is 825 g/mol. The number of aliphatic hydroxyl groups excluding tert-OH is 2. The van der Waals surface area contributed by atoms with Crippen LogP contribution in [0.25, 0.3) is 0 Å². The van der Waals surface area contributed by atoms with Crippen molar-refractivity contribution >= 4 is 23.9 Å². The van der Waals surface area contributed by atoms with E-state index >= 15 is 0 Å². The Morgan fingerprint density at radius 3 is 1.53 bits per heavy atom. The van der Waals surface area contributed by atoms with E-state index in [1.165, 1.54) is 26.4 Å². The lowest BCUT2D eigenvalue weighted by Gasteiger charge is -2.27. The largest absolute Gasteiger partial charge is 0.493 e. The molecule has 2 unspecified atom stereocenters. The van der Waals surface area contributed by atoms with Gasteiger partial charge in [0.25, 0.3) is 0 Å². The molecule has 334 valence electrons. The maximum absolute atomic E-state index is 13.1. The fourth-order valence-corrected chi connectivity index (χ4v) is 6.25. The number of carbonyl (C=O) groups is 4. The van der Waals surface area contributed by atoms with E-state index in [1.54, 1.807) is 0 Å². The van der Waals surface area contributed by atoms with Crippen LogP contribution >= 0.6 is 0 Å². The van der Waals surface area contributed by atoms with E-state index in [0.717, 1.165) is 70.8 Å². The van der Waals surface area contributed by atoms with Crippen LogP contribution in [0.4, 0.5) is 0 Å². The number of rotatable bonds is 36. The van der Waals surface area contributed by atoms with E-state index in [0.29, 0.717) is 84.2 Å². The minimum Gasteiger partial charge on any atom is -0.493 e. The first-order valence-electron chi connectivity index (χ1n) is 21.6. The zero-order valence-corrected chi connectivity index (χ0v) is 36.6. The van der Waals surface area contributed by atoms with Crippen LogP contribution in [0.1, 0.15) is 146 Å². The number of aliphatic hydroxyl groups is 2. The summed E-state index contributed by atoms with van der Waals surface area (Å²) in [5.74, 6) is -1.10. The summed E-state index contributed by atoms with van der Waals surface area (Å²) in [5.41, 5.74) is 0.201. The first-order valence-corrected chi connectivity index (χ1v) is 21.6. The fourth-order valence-electron chi connectivity index (χ4n) is 6.25. The molecule has 0 saturated carbocycles. The van der Waals surface area contributed by atoms with Crippen molar-refractivity contribution in [2.75, 3.05) is 74.3 Å². The summed E-state index contributed by atoms with van der Waals surface area (Å²) in [7, 11) is 6.69. The van der Waals surface area contributed by atoms with Gasteiger partial charge in [0, 0.05) is 38.9 Å². The van der Waals surface area contributed by atoms with Gasteiger partial charge in [-0.3, -0.25) is 19.3 Å². The first kappa shape index (κ1) is 52.6. The van der Waals surface area contributed by atoms with Crippen molar-refractivity contribution in [1.82, 2.24) is 9.80 Å². The fraction of sp³-hybridized carbons (Fsp3) is 0.773. The van der Waals surface area contributed by atoms with Gasteiger partial charge in [0.15, 0.2) is 11.5 Å². The number of carbonyl (C=O) groups excluding carboxylic acids is 4. The van der Waals surface area contributed by atoms with Crippen molar-refractivity contribution < 1.29 is 57.8 Å². The molecule has 58 heavy (non-hydrogen) atoms. The van der Waals surface area contributed by atoms with E-state index < -0.39 is 24.1 Å². The summed E-state index contributed by atoms with van der Waals surface area (Å²) in [6, 6.07) is 2.90. The number of unbranched alkanes of at least 4 members (excludes halogenated alkanes) is 8. The maximum atomic E-state index is 13.1. The second-order valence-corrected chi connectivity index (χ2v) is 15.2. The molecule has 1 aromatic carbocycles. The van der Waals surface area contributed by atoms with E-state index in [-0.39, 0.29) is 47.8 Å². The predicted octanol–water partition coefficient (Wildman–Crippen LogP) is 6.89. The van der Waals surface area contributed by atoms with Gasteiger partial charge in [-0.1, -0.05) is 65.2 Å². The van der Waals surface area contributed by atoms with Gasteiger partial charge in [0.05, 0.1) is 51.8 Å². The Morgan fingerprint density at radius 1 is 0.586 bits per heavy atom. The number of hydrogen-bond acceptors (Lipinski definition) is 14. The molecular weight excluding hydrogens is 748 g/mol. The molecule has 14 heteroatoms. The average Bonchev–Trinajstić information content (AvgIpc) is 3.19. The smallest absolute Gasteiger partial charge is 0.338 e. The van der Waals surface area contributed by atoms with Gasteiger partial charge in [-0.25, -0.2) is 4.79 Å². The third-order valence-electron chi connectivity index (χ3n) is 9.55. The van der Waals surface area contributed by atoms with Crippen LogP contribution in [0.3, 0.4) is 0 Å². The van der Waals surface area contributed by atoms with Crippen LogP contribution in [0, 0.1) is 0 Å². The van der Waals surface area contributed by atoms with Gasteiger partial charge in [-0.05, 0) is 84.1 Å². The molecule has 0 aliphatic rings. The van der Waals surface area contributed by atoms with Crippen molar-refractivity contribution in [2.45, 2.75) is 148 Å². The zero-order valence-electron chi connectivity index (χ0n) is 36.6. The molecule has 0 spiro atoms. The monoisotopic (exact) mass is 825 g/mol. The highest BCUT2D eigenvalue weighted by atomic mass is 16.6. The third kappa shape index (κ3) is 25.8. The van der Waals surface area contributed by atoms with Crippen molar-refractivity contribution in [3.63, 3.8) is 0 Å². The highest BCUT2D eigenvalue weighted by Crippen LogP contribution is 2.39. The molecule has 1 aromatic rings. The van der Waals surface area contributed by atoms with Gasteiger partial charge in [0.2, 0.25) is 5.75 Å². The molecule has 0 fully saturated rings. The lowest BCUT2D eigenvalue weighted by Crippen LogP contribution is -2.39. The van der Waals surface area contributed by atoms with Crippen LogP contribution in [-0.2, 0) is 28.6 Å². The van der Waals surface area contributed by atoms with Crippen LogP contribution in [-0.4, -0.2) is 130 Å². The quantitative estimate of drug-likeness (QED) is 0.0310. The summed E-state index contributed by atoms with van der Waals surface area (Å²) < 4.78 is 32.5. The summed E-state index contributed by atoms with van der Waals surface area (Å²) >= 11 is 0. The number of hydrogen-bond donors (Lipinski definition) is 2. The molecule has 0 aliphatic carbocycles. The van der Waals surface area contributed by atoms with Gasteiger partial charge in [-0.15, -0.1) is 0 Å².